The Balaban J connectivity index is 1.58. The molecule has 4 N–H and O–H groups in total. The van der Waals surface area contributed by atoms with Crippen molar-refractivity contribution >= 4 is 72.9 Å². The number of fused-ring (bicyclic) bond motifs is 1. The van der Waals surface area contributed by atoms with E-state index in [-0.39, 0.29) is 25.3 Å². The number of hydrogen-bond acceptors (Lipinski definition) is 7. The van der Waals surface area contributed by atoms with Crippen LogP contribution < -0.4 is 26.6 Å². The Morgan fingerprint density at radius 2 is 1.76 bits per heavy atom. The van der Waals surface area contributed by atoms with Crippen LogP contribution in [0.1, 0.15) is 0 Å². The number of urea groups is 1. The first-order chi connectivity index (χ1) is 16.1. The Labute approximate surface area is 206 Å². The normalized spacial score (nSPS) is 11.4. The highest BCUT2D eigenvalue weighted by Gasteiger charge is 2.20. The summed E-state index contributed by atoms with van der Waals surface area (Å²) in [7, 11) is -2.42. The number of sulfonamides is 1. The van der Waals surface area contributed by atoms with Crippen LogP contribution in [0.15, 0.2) is 62.3 Å². The minimum Gasteiger partial charge on any atom is -0.387 e. The van der Waals surface area contributed by atoms with E-state index < -0.39 is 27.3 Å². The van der Waals surface area contributed by atoms with Crippen LogP contribution in [-0.2, 0) is 10.0 Å². The van der Waals surface area contributed by atoms with Crippen LogP contribution in [0.4, 0.5) is 16.2 Å². The van der Waals surface area contributed by atoms with E-state index >= 15 is 0 Å². The van der Waals surface area contributed by atoms with Gasteiger partial charge in [0.05, 0.1) is 31.6 Å². The van der Waals surface area contributed by atoms with Crippen LogP contribution in [0.3, 0.4) is 0 Å². The number of nitrogens with zero attached hydrogens (tertiary/aromatic N) is 1. The standard InChI is InChI=1S/C20H15Cl2N5O5S2/c1-23-15-9-14-12(8-13(15)21)18(28)27(20(30)25-14)11-4-2-10(3-5-11)24-19(29)26-34(31,32)17-7-6-16(22)33-17/h2-9,23H,1H3,(H,25,30)(H2,24,26,29). The summed E-state index contributed by atoms with van der Waals surface area (Å²) in [6, 6.07) is 10.4. The van der Waals surface area contributed by atoms with Crippen molar-refractivity contribution in [2.45, 2.75) is 4.21 Å². The zero-order chi connectivity index (χ0) is 24.6. The molecule has 2 aromatic carbocycles. The van der Waals surface area contributed by atoms with Crippen LogP contribution in [-0.4, -0.2) is 31.0 Å². The molecule has 176 valence electrons. The first-order valence-corrected chi connectivity index (χ1v) is 12.5. The number of thiophene rings is 1. The van der Waals surface area contributed by atoms with Gasteiger partial charge in [0, 0.05) is 12.7 Å². The van der Waals surface area contributed by atoms with E-state index in [1.807, 2.05) is 4.72 Å². The second-order valence-electron chi connectivity index (χ2n) is 6.86. The molecule has 4 aromatic rings. The molecule has 0 aliphatic rings. The fourth-order valence-electron chi connectivity index (χ4n) is 3.13. The molecule has 2 aromatic heterocycles. The van der Waals surface area contributed by atoms with E-state index in [0.717, 1.165) is 15.9 Å². The summed E-state index contributed by atoms with van der Waals surface area (Å²) in [4.78, 5) is 40.3. The second kappa shape index (κ2) is 9.14. The highest BCUT2D eigenvalue weighted by molar-refractivity contribution is 7.92. The van der Waals surface area contributed by atoms with E-state index in [4.69, 9.17) is 23.2 Å². The Hall–Kier alpha value is -3.32. The number of carbonyl (C=O) groups excluding carboxylic acids is 1. The largest absolute Gasteiger partial charge is 0.387 e. The molecule has 0 saturated heterocycles. The van der Waals surface area contributed by atoms with Gasteiger partial charge in [-0.2, -0.15) is 0 Å². The number of benzene rings is 2. The molecular formula is C20H15Cl2N5O5S2. The molecule has 0 aliphatic heterocycles. The predicted molar refractivity (Wildman–Crippen MR) is 133 cm³/mol. The average Bonchev–Trinajstić information content (AvgIpc) is 3.22. The van der Waals surface area contributed by atoms with E-state index in [2.05, 4.69) is 15.6 Å². The van der Waals surface area contributed by atoms with Gasteiger partial charge in [-0.25, -0.2) is 27.3 Å². The number of aromatic amines is 1. The summed E-state index contributed by atoms with van der Waals surface area (Å²) in [6.07, 6.45) is 0. The van der Waals surface area contributed by atoms with Crippen molar-refractivity contribution in [2.75, 3.05) is 17.7 Å². The van der Waals surface area contributed by atoms with Gasteiger partial charge in [0.1, 0.15) is 4.21 Å². The van der Waals surface area contributed by atoms with Crippen LogP contribution in [0, 0.1) is 0 Å². The fourth-order valence-corrected chi connectivity index (χ4v) is 5.78. The lowest BCUT2D eigenvalue weighted by molar-refractivity contribution is 0.256. The number of amides is 2. The summed E-state index contributed by atoms with van der Waals surface area (Å²) in [6.45, 7) is 0. The summed E-state index contributed by atoms with van der Waals surface area (Å²) in [5.74, 6) is 0. The molecule has 0 bridgehead atoms. The molecule has 0 atom stereocenters. The Morgan fingerprint density at radius 1 is 1.06 bits per heavy atom. The summed E-state index contributed by atoms with van der Waals surface area (Å²) < 4.78 is 27.4. The molecule has 34 heavy (non-hydrogen) atoms. The molecule has 10 nitrogen and oxygen atoms in total. The maximum absolute atomic E-state index is 13.0. The van der Waals surface area contributed by atoms with Crippen LogP contribution >= 0.6 is 34.5 Å². The molecule has 2 heterocycles. The number of carbonyl (C=O) groups is 1. The van der Waals surface area contributed by atoms with Crippen molar-refractivity contribution in [2.24, 2.45) is 0 Å². The number of H-pyrrole nitrogens is 1. The predicted octanol–water partition coefficient (Wildman–Crippen LogP) is 3.60. The maximum Gasteiger partial charge on any atom is 0.333 e. The Kier molecular flexibility index (Phi) is 6.41. The zero-order valence-corrected chi connectivity index (χ0v) is 20.3. The Bertz CT molecular complexity index is 1640. The van der Waals surface area contributed by atoms with Crippen LogP contribution in [0.5, 0.6) is 0 Å². The number of halogens is 2. The van der Waals surface area contributed by atoms with Gasteiger partial charge in [0.15, 0.2) is 0 Å². The van der Waals surface area contributed by atoms with E-state index in [1.54, 1.807) is 13.1 Å². The van der Waals surface area contributed by atoms with Gasteiger partial charge in [-0.1, -0.05) is 23.2 Å². The van der Waals surface area contributed by atoms with Gasteiger partial charge in [0.25, 0.3) is 15.6 Å². The summed E-state index contributed by atoms with van der Waals surface area (Å²) in [5.41, 5.74) is 0.0907. The van der Waals surface area contributed by atoms with Gasteiger partial charge in [-0.15, -0.1) is 11.3 Å². The third kappa shape index (κ3) is 4.66. The van der Waals surface area contributed by atoms with E-state index in [1.165, 1.54) is 42.5 Å². The van der Waals surface area contributed by atoms with Gasteiger partial charge in [-0.3, -0.25) is 4.79 Å². The van der Waals surface area contributed by atoms with Crippen molar-refractivity contribution in [1.82, 2.24) is 14.3 Å². The number of rotatable bonds is 5. The van der Waals surface area contributed by atoms with Crippen molar-refractivity contribution in [3.8, 4) is 5.69 Å². The summed E-state index contributed by atoms with van der Waals surface area (Å²) in [5, 5.41) is 5.78. The third-order valence-electron chi connectivity index (χ3n) is 4.68. The average molecular weight is 540 g/mol. The lowest BCUT2D eigenvalue weighted by atomic mass is 10.2. The SMILES string of the molecule is CNc1cc2[nH]c(=O)n(-c3ccc(NC(=O)NS(=O)(=O)c4ccc(Cl)s4)cc3)c(=O)c2cc1Cl. The fraction of sp³-hybridized carbons (Fsp3) is 0.0500. The van der Waals surface area contributed by atoms with Gasteiger partial charge < -0.3 is 15.6 Å². The lowest BCUT2D eigenvalue weighted by Gasteiger charge is -2.10. The minimum absolute atomic E-state index is 0.111. The van der Waals surface area contributed by atoms with Crippen LogP contribution in [0.25, 0.3) is 16.6 Å². The van der Waals surface area contributed by atoms with Crippen molar-refractivity contribution < 1.29 is 13.2 Å². The quantitative estimate of drug-likeness (QED) is 0.305. The molecule has 0 fully saturated rings. The molecule has 2 amide bonds. The first-order valence-electron chi connectivity index (χ1n) is 9.45. The molecule has 4 rings (SSSR count). The molecule has 14 heteroatoms. The summed E-state index contributed by atoms with van der Waals surface area (Å²) >= 11 is 12.7. The highest BCUT2D eigenvalue weighted by atomic mass is 35.5. The number of aromatic nitrogens is 2. The van der Waals surface area contributed by atoms with Gasteiger partial charge >= 0.3 is 11.7 Å². The Morgan fingerprint density at radius 3 is 2.38 bits per heavy atom. The van der Waals surface area contributed by atoms with Gasteiger partial charge in [0.2, 0.25) is 0 Å². The number of nitrogens with one attached hydrogen (secondary N) is 4. The number of anilines is 2. The van der Waals surface area contributed by atoms with E-state index in [0.29, 0.717) is 16.2 Å². The second-order valence-corrected chi connectivity index (χ2v) is 10.9. The molecule has 0 radical (unpaired) electrons. The first kappa shape index (κ1) is 23.8. The van der Waals surface area contributed by atoms with Crippen molar-refractivity contribution in [1.29, 1.82) is 0 Å². The van der Waals surface area contributed by atoms with Crippen molar-refractivity contribution in [3.05, 3.63) is 78.7 Å². The number of hydrogen-bond donors (Lipinski definition) is 4. The zero-order valence-electron chi connectivity index (χ0n) is 17.2. The highest BCUT2D eigenvalue weighted by Crippen LogP contribution is 2.26. The monoisotopic (exact) mass is 539 g/mol. The maximum atomic E-state index is 13.0. The molecule has 0 unspecified atom stereocenters. The topological polar surface area (TPSA) is 142 Å². The minimum atomic E-state index is -4.08. The molecule has 0 spiro atoms. The van der Waals surface area contributed by atoms with E-state index in [9.17, 15) is 22.8 Å². The van der Waals surface area contributed by atoms with Crippen LogP contribution in [0.2, 0.25) is 9.36 Å². The smallest absolute Gasteiger partial charge is 0.333 e. The molecule has 0 aliphatic carbocycles. The molecule has 0 saturated carbocycles. The molecular weight excluding hydrogens is 525 g/mol. The van der Waals surface area contributed by atoms with Crippen molar-refractivity contribution in [3.63, 3.8) is 0 Å². The van der Waals surface area contributed by atoms with Gasteiger partial charge in [-0.05, 0) is 48.5 Å². The third-order valence-corrected chi connectivity index (χ3v) is 8.05. The lowest BCUT2D eigenvalue weighted by Crippen LogP contribution is -2.34.